The lowest BCUT2D eigenvalue weighted by molar-refractivity contribution is -0.148. The summed E-state index contributed by atoms with van der Waals surface area (Å²) in [6, 6.07) is 6.07. The average Bonchev–Trinajstić information content (AvgIpc) is 3.03. The zero-order valence-corrected chi connectivity index (χ0v) is 15.0. The number of benzene rings is 1. The molecule has 1 aromatic heterocycles. The minimum Gasteiger partial charge on any atom is -0.440 e. The Labute approximate surface area is 148 Å². The van der Waals surface area contributed by atoms with Crippen molar-refractivity contribution in [3.63, 3.8) is 0 Å². The van der Waals surface area contributed by atoms with Crippen molar-refractivity contribution in [2.45, 2.75) is 51.4 Å². The van der Waals surface area contributed by atoms with E-state index < -0.39 is 0 Å². The predicted octanol–water partition coefficient (Wildman–Crippen LogP) is 4.59. The van der Waals surface area contributed by atoms with E-state index in [4.69, 9.17) is 4.42 Å². The molecule has 2 heterocycles. The van der Waals surface area contributed by atoms with Gasteiger partial charge in [0.05, 0.1) is 5.41 Å². The predicted molar refractivity (Wildman–Crippen MR) is 98.4 cm³/mol. The minimum absolute atomic E-state index is 0.149. The summed E-state index contributed by atoms with van der Waals surface area (Å²) in [5.41, 5.74) is 2.81. The molecule has 1 saturated heterocycles. The first kappa shape index (κ1) is 16.4. The average molecular weight is 338 g/mol. The summed E-state index contributed by atoms with van der Waals surface area (Å²) in [6.45, 7) is 7.51. The summed E-state index contributed by atoms with van der Waals surface area (Å²) in [5.74, 6) is 1.49. The highest BCUT2D eigenvalue weighted by molar-refractivity contribution is 5.84. The van der Waals surface area contributed by atoms with Crippen LogP contribution in [-0.2, 0) is 4.79 Å². The van der Waals surface area contributed by atoms with E-state index in [1.54, 1.807) is 0 Å². The SMILES string of the molecule is C=CCC1(C(=O)N2CCC(c3nc4cccc(C)c4o3)CC2)CCC1. The molecule has 0 atom stereocenters. The number of aromatic nitrogens is 1. The second-order valence-corrected chi connectivity index (χ2v) is 7.67. The molecule has 0 spiro atoms. The zero-order valence-electron chi connectivity index (χ0n) is 15.0. The van der Waals surface area contributed by atoms with Crippen LogP contribution in [0.15, 0.2) is 35.3 Å². The van der Waals surface area contributed by atoms with E-state index in [9.17, 15) is 4.79 Å². The second kappa shape index (κ2) is 6.32. The number of oxazole rings is 1. The third-order valence-corrected chi connectivity index (χ3v) is 6.06. The summed E-state index contributed by atoms with van der Waals surface area (Å²) >= 11 is 0. The maximum Gasteiger partial charge on any atom is 0.229 e. The van der Waals surface area contributed by atoms with Gasteiger partial charge in [-0.2, -0.15) is 0 Å². The van der Waals surface area contributed by atoms with Gasteiger partial charge in [0.2, 0.25) is 5.91 Å². The molecule has 1 aliphatic heterocycles. The Morgan fingerprint density at radius 2 is 2.16 bits per heavy atom. The molecule has 0 bridgehead atoms. The number of likely N-dealkylation sites (tertiary alicyclic amines) is 1. The molecule has 2 aromatic rings. The number of carbonyl (C=O) groups excluding carboxylic acids is 1. The normalized spacial score (nSPS) is 20.4. The number of para-hydroxylation sites is 1. The van der Waals surface area contributed by atoms with Crippen LogP contribution in [0.25, 0.3) is 11.1 Å². The van der Waals surface area contributed by atoms with E-state index in [0.29, 0.717) is 11.8 Å². The van der Waals surface area contributed by atoms with Gasteiger partial charge in [-0.1, -0.05) is 24.6 Å². The second-order valence-electron chi connectivity index (χ2n) is 7.67. The van der Waals surface area contributed by atoms with Crippen LogP contribution in [0.5, 0.6) is 0 Å². The monoisotopic (exact) mass is 338 g/mol. The number of amides is 1. The molecular weight excluding hydrogens is 312 g/mol. The highest BCUT2D eigenvalue weighted by Gasteiger charge is 2.45. The van der Waals surface area contributed by atoms with Gasteiger partial charge in [-0.25, -0.2) is 4.98 Å². The number of fused-ring (bicyclic) bond motifs is 1. The van der Waals surface area contributed by atoms with Gasteiger partial charge in [0.25, 0.3) is 0 Å². The molecule has 132 valence electrons. The molecule has 0 N–H and O–H groups in total. The van der Waals surface area contributed by atoms with E-state index in [0.717, 1.165) is 74.2 Å². The molecule has 1 aliphatic carbocycles. The molecule has 0 radical (unpaired) electrons. The van der Waals surface area contributed by atoms with Gasteiger partial charge in [-0.05, 0) is 50.7 Å². The van der Waals surface area contributed by atoms with Crippen molar-refractivity contribution in [1.82, 2.24) is 9.88 Å². The van der Waals surface area contributed by atoms with Crippen molar-refractivity contribution < 1.29 is 9.21 Å². The number of piperidine rings is 1. The number of rotatable bonds is 4. The Balaban J connectivity index is 1.45. The summed E-state index contributed by atoms with van der Waals surface area (Å²) in [6.07, 6.45) is 7.78. The van der Waals surface area contributed by atoms with Gasteiger partial charge in [-0.3, -0.25) is 4.79 Å². The third kappa shape index (κ3) is 2.78. The highest BCUT2D eigenvalue weighted by Crippen LogP contribution is 2.46. The van der Waals surface area contributed by atoms with Crippen LogP contribution in [0.1, 0.15) is 55.9 Å². The largest absolute Gasteiger partial charge is 0.440 e. The zero-order chi connectivity index (χ0) is 17.4. The molecule has 0 unspecified atom stereocenters. The Kier molecular flexibility index (Phi) is 4.14. The lowest BCUT2D eigenvalue weighted by atomic mass is 9.65. The smallest absolute Gasteiger partial charge is 0.229 e. The number of hydrogen-bond donors (Lipinski definition) is 0. The Hall–Kier alpha value is -2.10. The fourth-order valence-corrected chi connectivity index (χ4v) is 4.33. The molecule has 4 heteroatoms. The van der Waals surface area contributed by atoms with Crippen LogP contribution in [-0.4, -0.2) is 28.9 Å². The van der Waals surface area contributed by atoms with Crippen LogP contribution in [0.3, 0.4) is 0 Å². The number of allylic oxidation sites excluding steroid dienone is 1. The van der Waals surface area contributed by atoms with Gasteiger partial charge < -0.3 is 9.32 Å². The van der Waals surface area contributed by atoms with E-state index in [-0.39, 0.29) is 5.41 Å². The molecule has 4 nitrogen and oxygen atoms in total. The maximum absolute atomic E-state index is 13.0. The van der Waals surface area contributed by atoms with Crippen molar-refractivity contribution in [3.05, 3.63) is 42.3 Å². The minimum atomic E-state index is -0.149. The van der Waals surface area contributed by atoms with Crippen molar-refractivity contribution in [3.8, 4) is 0 Å². The Bertz CT molecular complexity index is 795. The van der Waals surface area contributed by atoms with Gasteiger partial charge in [0, 0.05) is 19.0 Å². The van der Waals surface area contributed by atoms with Crippen molar-refractivity contribution in [2.24, 2.45) is 5.41 Å². The third-order valence-electron chi connectivity index (χ3n) is 6.06. The fourth-order valence-electron chi connectivity index (χ4n) is 4.33. The number of nitrogens with zero attached hydrogens (tertiary/aromatic N) is 2. The van der Waals surface area contributed by atoms with Gasteiger partial charge in [0.1, 0.15) is 5.52 Å². The van der Waals surface area contributed by atoms with Crippen molar-refractivity contribution in [1.29, 1.82) is 0 Å². The topological polar surface area (TPSA) is 46.3 Å². The first-order chi connectivity index (χ1) is 12.1. The van der Waals surface area contributed by atoms with E-state index in [1.807, 2.05) is 18.2 Å². The molecule has 25 heavy (non-hydrogen) atoms. The fraction of sp³-hybridized carbons (Fsp3) is 0.524. The summed E-state index contributed by atoms with van der Waals surface area (Å²) in [7, 11) is 0. The first-order valence-corrected chi connectivity index (χ1v) is 9.39. The van der Waals surface area contributed by atoms with E-state index in [1.165, 1.54) is 0 Å². The lowest BCUT2D eigenvalue weighted by Gasteiger charge is -2.44. The molecule has 1 saturated carbocycles. The van der Waals surface area contributed by atoms with Crippen molar-refractivity contribution in [2.75, 3.05) is 13.1 Å². The molecule has 2 fully saturated rings. The summed E-state index contributed by atoms with van der Waals surface area (Å²) in [5, 5.41) is 0. The molecule has 2 aliphatic rings. The first-order valence-electron chi connectivity index (χ1n) is 9.39. The Morgan fingerprint density at radius 3 is 2.76 bits per heavy atom. The number of aryl methyl sites for hydroxylation is 1. The van der Waals surface area contributed by atoms with Crippen LogP contribution >= 0.6 is 0 Å². The van der Waals surface area contributed by atoms with Crippen LogP contribution in [0.2, 0.25) is 0 Å². The molecule has 1 aromatic carbocycles. The maximum atomic E-state index is 13.0. The molecule has 4 rings (SSSR count). The summed E-state index contributed by atoms with van der Waals surface area (Å²) in [4.78, 5) is 19.7. The quantitative estimate of drug-likeness (QED) is 0.766. The van der Waals surface area contributed by atoms with E-state index >= 15 is 0 Å². The van der Waals surface area contributed by atoms with Gasteiger partial charge >= 0.3 is 0 Å². The van der Waals surface area contributed by atoms with E-state index in [2.05, 4.69) is 29.5 Å². The van der Waals surface area contributed by atoms with Crippen molar-refractivity contribution >= 4 is 17.0 Å². The molecule has 1 amide bonds. The van der Waals surface area contributed by atoms with Gasteiger partial charge in [-0.15, -0.1) is 6.58 Å². The van der Waals surface area contributed by atoms with Crippen LogP contribution < -0.4 is 0 Å². The van der Waals surface area contributed by atoms with Crippen LogP contribution in [0.4, 0.5) is 0 Å². The van der Waals surface area contributed by atoms with Gasteiger partial charge in [0.15, 0.2) is 11.5 Å². The Morgan fingerprint density at radius 1 is 1.40 bits per heavy atom. The standard InChI is InChI=1S/C21H26N2O2/c1-3-10-21(11-5-12-21)20(24)23-13-8-16(9-14-23)19-22-17-7-4-6-15(2)18(17)25-19/h3-4,6-7,16H,1,5,8-14H2,2H3. The number of carbonyl (C=O) groups is 1. The van der Waals surface area contributed by atoms with Crippen LogP contribution in [0, 0.1) is 12.3 Å². The summed E-state index contributed by atoms with van der Waals surface area (Å²) < 4.78 is 6.04. The highest BCUT2D eigenvalue weighted by atomic mass is 16.3. The molecular formula is C21H26N2O2. The number of hydrogen-bond acceptors (Lipinski definition) is 3. The lowest BCUT2D eigenvalue weighted by Crippen LogP contribution is -2.50.